The van der Waals surface area contributed by atoms with E-state index in [4.69, 9.17) is 23.2 Å². The summed E-state index contributed by atoms with van der Waals surface area (Å²) in [7, 11) is 0. The molecule has 0 N–H and O–H groups in total. The Morgan fingerprint density at radius 1 is 1.27 bits per heavy atom. The highest BCUT2D eigenvalue weighted by molar-refractivity contribution is 6.39. The van der Waals surface area contributed by atoms with E-state index in [1.54, 1.807) is 0 Å². The fourth-order valence-electron chi connectivity index (χ4n) is 2.05. The highest BCUT2D eigenvalue weighted by Gasteiger charge is 2.36. The molecule has 2 atom stereocenters. The Hall–Kier alpha value is -0.0100. The number of hydrogen-bond donors (Lipinski definition) is 0. The Labute approximate surface area is 102 Å². The average molecular weight is 249 g/mol. The van der Waals surface area contributed by atoms with Crippen LogP contribution in [0.2, 0.25) is 0 Å². The van der Waals surface area contributed by atoms with Crippen LogP contribution < -0.4 is 0 Å². The molecular weight excluding hydrogens is 231 g/mol. The van der Waals surface area contributed by atoms with Crippen molar-refractivity contribution in [3.05, 3.63) is 10.6 Å². The van der Waals surface area contributed by atoms with Gasteiger partial charge in [-0.05, 0) is 18.3 Å². The molecule has 0 heterocycles. The van der Waals surface area contributed by atoms with Crippen molar-refractivity contribution < 1.29 is 4.79 Å². The molecule has 0 fully saturated rings. The van der Waals surface area contributed by atoms with Crippen molar-refractivity contribution >= 4 is 29.0 Å². The van der Waals surface area contributed by atoms with Crippen molar-refractivity contribution in [2.75, 3.05) is 0 Å². The summed E-state index contributed by atoms with van der Waals surface area (Å²) in [5.74, 6) is 0.722. The van der Waals surface area contributed by atoms with Crippen LogP contribution in [0.3, 0.4) is 0 Å². The number of allylic oxidation sites excluding steroid dienone is 2. The highest BCUT2D eigenvalue weighted by Crippen LogP contribution is 2.38. The minimum absolute atomic E-state index is 0.0346. The summed E-state index contributed by atoms with van der Waals surface area (Å²) in [5.41, 5.74) is 0.738. The number of carbonyl (C=O) groups is 1. The number of rotatable bonds is 2. The lowest BCUT2D eigenvalue weighted by Crippen LogP contribution is -2.32. The van der Waals surface area contributed by atoms with Crippen LogP contribution in [0.5, 0.6) is 0 Å². The van der Waals surface area contributed by atoms with Gasteiger partial charge < -0.3 is 0 Å². The van der Waals surface area contributed by atoms with Gasteiger partial charge in [0.25, 0.3) is 0 Å². The van der Waals surface area contributed by atoms with Crippen LogP contribution in [0.1, 0.15) is 34.1 Å². The second kappa shape index (κ2) is 4.88. The normalized spacial score (nSPS) is 28.1. The second-order valence-electron chi connectivity index (χ2n) is 4.83. The second-order valence-corrected chi connectivity index (χ2v) is 5.77. The Morgan fingerprint density at radius 3 is 2.20 bits per heavy atom. The molecule has 0 saturated carbocycles. The van der Waals surface area contributed by atoms with Crippen LogP contribution in [-0.4, -0.2) is 11.2 Å². The molecule has 1 nitrogen and oxygen atoms in total. The molecule has 0 bridgehead atoms. The van der Waals surface area contributed by atoms with Gasteiger partial charge in [0.15, 0.2) is 5.78 Å². The number of carbonyl (C=O) groups excluding carboxylic acids is 1. The number of Topliss-reactive ketones (excluding diaryl/α,β-unsaturated/α-hetero) is 1. The lowest BCUT2D eigenvalue weighted by Gasteiger charge is -2.30. The Kier molecular flexibility index (Phi) is 4.25. The topological polar surface area (TPSA) is 17.1 Å². The maximum atomic E-state index is 12.2. The van der Waals surface area contributed by atoms with Gasteiger partial charge >= 0.3 is 0 Å². The summed E-state index contributed by atoms with van der Waals surface area (Å²) in [6.07, 6.45) is 0.674. The molecule has 0 amide bonds. The SMILES string of the molecule is CC(C)C1=C(Cl)C(Cl)CC(C(C)C)C1=O. The van der Waals surface area contributed by atoms with Crippen molar-refractivity contribution in [3.8, 4) is 0 Å². The minimum atomic E-state index is -0.186. The molecule has 1 rings (SSSR count). The van der Waals surface area contributed by atoms with Crippen molar-refractivity contribution in [2.24, 2.45) is 17.8 Å². The molecule has 0 aromatic carbocycles. The van der Waals surface area contributed by atoms with Gasteiger partial charge in [0.05, 0.1) is 5.38 Å². The molecule has 86 valence electrons. The minimum Gasteiger partial charge on any atom is -0.294 e. The predicted molar refractivity (Wildman–Crippen MR) is 65.3 cm³/mol. The summed E-state index contributed by atoms with van der Waals surface area (Å²) in [5, 5.41) is 0.378. The van der Waals surface area contributed by atoms with Crippen LogP contribution in [0.4, 0.5) is 0 Å². The average Bonchev–Trinajstić information content (AvgIpc) is 2.10. The van der Waals surface area contributed by atoms with E-state index in [9.17, 15) is 4.79 Å². The van der Waals surface area contributed by atoms with E-state index in [2.05, 4.69) is 13.8 Å². The van der Waals surface area contributed by atoms with Crippen molar-refractivity contribution in [1.82, 2.24) is 0 Å². The Bertz CT molecular complexity index is 292. The standard InChI is InChI=1S/C12H18Cl2O/c1-6(2)8-5-9(13)11(14)10(7(3)4)12(8)15/h6-9H,5H2,1-4H3. The number of ketones is 1. The van der Waals surface area contributed by atoms with Crippen LogP contribution in [0.25, 0.3) is 0 Å². The van der Waals surface area contributed by atoms with Gasteiger partial charge in [-0.2, -0.15) is 0 Å². The molecule has 0 saturated heterocycles. The van der Waals surface area contributed by atoms with E-state index in [0.717, 1.165) is 5.57 Å². The zero-order valence-electron chi connectivity index (χ0n) is 9.68. The Balaban J connectivity index is 3.09. The first-order valence-corrected chi connectivity index (χ1v) is 6.25. The smallest absolute Gasteiger partial charge is 0.163 e. The molecule has 15 heavy (non-hydrogen) atoms. The molecule has 0 aromatic rings. The fraction of sp³-hybridized carbons (Fsp3) is 0.750. The number of alkyl halides is 1. The molecule has 0 spiro atoms. The van der Waals surface area contributed by atoms with E-state index in [0.29, 0.717) is 17.4 Å². The van der Waals surface area contributed by atoms with Gasteiger partial charge in [-0.25, -0.2) is 0 Å². The van der Waals surface area contributed by atoms with E-state index in [1.165, 1.54) is 0 Å². The molecule has 1 aliphatic rings. The summed E-state index contributed by atoms with van der Waals surface area (Å²) < 4.78 is 0. The van der Waals surface area contributed by atoms with Crippen LogP contribution in [-0.2, 0) is 4.79 Å². The zero-order chi connectivity index (χ0) is 11.7. The van der Waals surface area contributed by atoms with E-state index >= 15 is 0 Å². The molecule has 0 aromatic heterocycles. The van der Waals surface area contributed by atoms with Gasteiger partial charge in [-0.15, -0.1) is 11.6 Å². The first-order chi connectivity index (χ1) is 6.86. The first-order valence-electron chi connectivity index (χ1n) is 5.44. The van der Waals surface area contributed by atoms with Gasteiger partial charge in [0.2, 0.25) is 0 Å². The van der Waals surface area contributed by atoms with E-state index < -0.39 is 0 Å². The molecule has 0 aliphatic heterocycles. The van der Waals surface area contributed by atoms with Crippen molar-refractivity contribution in [1.29, 1.82) is 0 Å². The van der Waals surface area contributed by atoms with E-state index in [1.807, 2.05) is 13.8 Å². The summed E-state index contributed by atoms with van der Waals surface area (Å²) in [4.78, 5) is 12.2. The maximum Gasteiger partial charge on any atom is 0.163 e. The van der Waals surface area contributed by atoms with Gasteiger partial charge in [-0.1, -0.05) is 39.3 Å². The Morgan fingerprint density at radius 2 is 1.80 bits per heavy atom. The molecule has 0 radical (unpaired) electrons. The lowest BCUT2D eigenvalue weighted by molar-refractivity contribution is -0.121. The largest absolute Gasteiger partial charge is 0.294 e. The van der Waals surface area contributed by atoms with Crippen molar-refractivity contribution in [2.45, 2.75) is 39.5 Å². The third kappa shape index (κ3) is 2.57. The number of hydrogen-bond acceptors (Lipinski definition) is 1. The fourth-order valence-corrected chi connectivity index (χ4v) is 2.76. The summed E-state index contributed by atoms with van der Waals surface area (Å²) in [6, 6.07) is 0. The predicted octanol–water partition coefficient (Wildman–Crippen LogP) is 3.99. The molecular formula is C12H18Cl2O. The summed E-state index contributed by atoms with van der Waals surface area (Å²) in [6.45, 7) is 8.09. The lowest BCUT2D eigenvalue weighted by atomic mass is 9.77. The van der Waals surface area contributed by atoms with Crippen LogP contribution in [0, 0.1) is 17.8 Å². The third-order valence-corrected chi connectivity index (χ3v) is 3.95. The maximum absolute atomic E-state index is 12.2. The van der Waals surface area contributed by atoms with Gasteiger partial charge in [-0.3, -0.25) is 4.79 Å². The molecule has 3 heteroatoms. The van der Waals surface area contributed by atoms with Crippen LogP contribution in [0.15, 0.2) is 10.6 Å². The van der Waals surface area contributed by atoms with E-state index in [-0.39, 0.29) is 23.0 Å². The van der Waals surface area contributed by atoms with Gasteiger partial charge in [0.1, 0.15) is 0 Å². The third-order valence-electron chi connectivity index (χ3n) is 2.98. The highest BCUT2D eigenvalue weighted by atomic mass is 35.5. The molecule has 2 unspecified atom stereocenters. The van der Waals surface area contributed by atoms with Crippen LogP contribution >= 0.6 is 23.2 Å². The van der Waals surface area contributed by atoms with Crippen molar-refractivity contribution in [3.63, 3.8) is 0 Å². The van der Waals surface area contributed by atoms with Gasteiger partial charge in [0, 0.05) is 16.5 Å². The quantitative estimate of drug-likeness (QED) is 0.676. The number of halogens is 2. The zero-order valence-corrected chi connectivity index (χ0v) is 11.2. The first kappa shape index (κ1) is 13.1. The molecule has 1 aliphatic carbocycles. The monoisotopic (exact) mass is 248 g/mol. The summed E-state index contributed by atoms with van der Waals surface area (Å²) >= 11 is 12.3.